The second kappa shape index (κ2) is 2.85. The number of aromatic nitrogens is 2. The summed E-state index contributed by atoms with van der Waals surface area (Å²) in [5.41, 5.74) is 10.1. The van der Waals surface area contributed by atoms with Crippen LogP contribution in [-0.4, -0.2) is 9.97 Å². The molecular formula is C10H13N3. The first-order chi connectivity index (χ1) is 6.20. The quantitative estimate of drug-likeness (QED) is 0.692. The van der Waals surface area contributed by atoms with Gasteiger partial charge in [0.2, 0.25) is 0 Å². The average molecular weight is 175 g/mol. The van der Waals surface area contributed by atoms with Gasteiger partial charge in [-0.25, -0.2) is 4.98 Å². The highest BCUT2D eigenvalue weighted by Gasteiger charge is 2.02. The van der Waals surface area contributed by atoms with E-state index in [2.05, 4.69) is 35.9 Å². The number of fused-ring (bicyclic) bond motifs is 1. The van der Waals surface area contributed by atoms with E-state index in [1.807, 2.05) is 0 Å². The van der Waals surface area contributed by atoms with E-state index in [1.54, 1.807) is 0 Å². The van der Waals surface area contributed by atoms with Crippen molar-refractivity contribution in [3.63, 3.8) is 0 Å². The van der Waals surface area contributed by atoms with Crippen LogP contribution in [0, 0.1) is 13.8 Å². The highest BCUT2D eigenvalue weighted by molar-refractivity contribution is 5.77. The first kappa shape index (κ1) is 8.26. The molecule has 0 aliphatic carbocycles. The number of aryl methyl sites for hydroxylation is 2. The van der Waals surface area contributed by atoms with Gasteiger partial charge >= 0.3 is 0 Å². The van der Waals surface area contributed by atoms with Gasteiger partial charge in [-0.2, -0.15) is 0 Å². The number of imidazole rings is 1. The van der Waals surface area contributed by atoms with Crippen LogP contribution in [0.5, 0.6) is 0 Å². The maximum Gasteiger partial charge on any atom is 0.121 e. The Balaban J connectivity index is 2.70. The lowest BCUT2D eigenvalue weighted by Gasteiger charge is -1.97. The number of benzene rings is 1. The smallest absolute Gasteiger partial charge is 0.121 e. The van der Waals surface area contributed by atoms with Crippen LogP contribution in [0.25, 0.3) is 11.0 Å². The standard InChI is InChI=1S/C10H13N3/c1-6-3-8-9(4-7(6)2)13-10(5-11)12-8/h3-4H,5,11H2,1-2H3,(H,12,13). The van der Waals surface area contributed by atoms with Crippen LogP contribution in [0.4, 0.5) is 0 Å². The topological polar surface area (TPSA) is 54.7 Å². The predicted molar refractivity (Wildman–Crippen MR) is 53.5 cm³/mol. The van der Waals surface area contributed by atoms with Crippen LogP contribution in [0.3, 0.4) is 0 Å². The van der Waals surface area contributed by atoms with Crippen LogP contribution < -0.4 is 5.73 Å². The van der Waals surface area contributed by atoms with Gasteiger partial charge in [-0.05, 0) is 37.1 Å². The SMILES string of the molecule is Cc1cc2nc(CN)[nH]c2cc1C. The molecule has 13 heavy (non-hydrogen) atoms. The molecule has 0 atom stereocenters. The summed E-state index contributed by atoms with van der Waals surface area (Å²) in [6.45, 7) is 4.65. The van der Waals surface area contributed by atoms with Gasteiger partial charge in [0, 0.05) is 0 Å². The lowest BCUT2D eigenvalue weighted by molar-refractivity contribution is 0.958. The fraction of sp³-hybridized carbons (Fsp3) is 0.300. The molecule has 0 aliphatic heterocycles. The molecule has 0 fully saturated rings. The van der Waals surface area contributed by atoms with Crippen molar-refractivity contribution in [3.05, 3.63) is 29.1 Å². The molecule has 2 rings (SSSR count). The number of nitrogens with one attached hydrogen (secondary N) is 1. The maximum absolute atomic E-state index is 5.50. The largest absolute Gasteiger partial charge is 0.341 e. The lowest BCUT2D eigenvalue weighted by Crippen LogP contribution is -1.97. The third-order valence-corrected chi connectivity index (χ3v) is 2.34. The molecule has 0 spiro atoms. The van der Waals surface area contributed by atoms with Crippen LogP contribution in [0.2, 0.25) is 0 Å². The van der Waals surface area contributed by atoms with E-state index in [4.69, 9.17) is 5.73 Å². The molecule has 0 bridgehead atoms. The van der Waals surface area contributed by atoms with Gasteiger partial charge in [0.05, 0.1) is 17.6 Å². The molecule has 3 N–H and O–H groups in total. The zero-order valence-electron chi connectivity index (χ0n) is 7.89. The number of nitrogens with zero attached hydrogens (tertiary/aromatic N) is 1. The second-order valence-corrected chi connectivity index (χ2v) is 3.34. The minimum Gasteiger partial charge on any atom is -0.341 e. The zero-order chi connectivity index (χ0) is 9.42. The minimum absolute atomic E-state index is 0.465. The summed E-state index contributed by atoms with van der Waals surface area (Å²) >= 11 is 0. The van der Waals surface area contributed by atoms with Crippen molar-refractivity contribution in [2.24, 2.45) is 5.73 Å². The summed E-state index contributed by atoms with van der Waals surface area (Å²) in [5.74, 6) is 0.847. The van der Waals surface area contributed by atoms with Gasteiger partial charge in [-0.3, -0.25) is 0 Å². The summed E-state index contributed by atoms with van der Waals surface area (Å²) in [6.07, 6.45) is 0. The normalized spacial score (nSPS) is 11.0. The number of hydrogen-bond donors (Lipinski definition) is 2. The Morgan fingerprint density at radius 3 is 2.69 bits per heavy atom. The van der Waals surface area contributed by atoms with E-state index in [0.717, 1.165) is 16.9 Å². The van der Waals surface area contributed by atoms with Gasteiger partial charge in [0.1, 0.15) is 5.82 Å². The highest BCUT2D eigenvalue weighted by atomic mass is 14.9. The van der Waals surface area contributed by atoms with Gasteiger partial charge < -0.3 is 10.7 Å². The van der Waals surface area contributed by atoms with Crippen molar-refractivity contribution >= 4 is 11.0 Å². The van der Waals surface area contributed by atoms with Gasteiger partial charge in [-0.15, -0.1) is 0 Å². The molecule has 0 radical (unpaired) electrons. The average Bonchev–Trinajstić information content (AvgIpc) is 2.48. The van der Waals surface area contributed by atoms with Crippen molar-refractivity contribution in [1.82, 2.24) is 9.97 Å². The van der Waals surface area contributed by atoms with Crippen LogP contribution in [-0.2, 0) is 6.54 Å². The summed E-state index contributed by atoms with van der Waals surface area (Å²) in [7, 11) is 0. The number of aromatic amines is 1. The molecular weight excluding hydrogens is 162 g/mol. The molecule has 1 aromatic carbocycles. The number of rotatable bonds is 1. The predicted octanol–water partition coefficient (Wildman–Crippen LogP) is 1.64. The van der Waals surface area contributed by atoms with E-state index in [1.165, 1.54) is 11.1 Å². The first-order valence-electron chi connectivity index (χ1n) is 4.36. The molecule has 3 heteroatoms. The lowest BCUT2D eigenvalue weighted by atomic mass is 10.1. The Morgan fingerprint density at radius 1 is 1.31 bits per heavy atom. The van der Waals surface area contributed by atoms with Crippen LogP contribution in [0.1, 0.15) is 17.0 Å². The summed E-state index contributed by atoms with van der Waals surface area (Å²) in [4.78, 5) is 7.53. The molecule has 1 heterocycles. The Bertz CT molecular complexity index is 404. The van der Waals surface area contributed by atoms with Crippen LogP contribution >= 0.6 is 0 Å². The van der Waals surface area contributed by atoms with Gasteiger partial charge in [0.15, 0.2) is 0 Å². The molecule has 0 amide bonds. The third kappa shape index (κ3) is 1.31. The van der Waals surface area contributed by atoms with E-state index < -0.39 is 0 Å². The van der Waals surface area contributed by atoms with Crippen molar-refractivity contribution in [3.8, 4) is 0 Å². The van der Waals surface area contributed by atoms with Crippen molar-refractivity contribution in [2.45, 2.75) is 20.4 Å². The van der Waals surface area contributed by atoms with Crippen molar-refractivity contribution in [1.29, 1.82) is 0 Å². The molecule has 1 aromatic heterocycles. The molecule has 0 saturated heterocycles. The fourth-order valence-electron chi connectivity index (χ4n) is 1.42. The minimum atomic E-state index is 0.465. The molecule has 68 valence electrons. The number of H-pyrrole nitrogens is 1. The summed E-state index contributed by atoms with van der Waals surface area (Å²) in [6, 6.07) is 4.19. The van der Waals surface area contributed by atoms with E-state index >= 15 is 0 Å². The van der Waals surface area contributed by atoms with E-state index in [-0.39, 0.29) is 0 Å². The van der Waals surface area contributed by atoms with Gasteiger partial charge in [-0.1, -0.05) is 0 Å². The number of hydrogen-bond acceptors (Lipinski definition) is 2. The fourth-order valence-corrected chi connectivity index (χ4v) is 1.42. The van der Waals surface area contributed by atoms with Crippen molar-refractivity contribution in [2.75, 3.05) is 0 Å². The molecule has 2 aromatic rings. The summed E-state index contributed by atoms with van der Waals surface area (Å²) < 4.78 is 0. The highest BCUT2D eigenvalue weighted by Crippen LogP contribution is 2.16. The number of nitrogens with two attached hydrogens (primary N) is 1. The molecule has 3 nitrogen and oxygen atoms in total. The third-order valence-electron chi connectivity index (χ3n) is 2.34. The van der Waals surface area contributed by atoms with E-state index in [9.17, 15) is 0 Å². The van der Waals surface area contributed by atoms with Gasteiger partial charge in [0.25, 0.3) is 0 Å². The Kier molecular flexibility index (Phi) is 1.81. The molecule has 0 aliphatic rings. The monoisotopic (exact) mass is 175 g/mol. The summed E-state index contributed by atoms with van der Waals surface area (Å²) in [5, 5.41) is 0. The van der Waals surface area contributed by atoms with Crippen molar-refractivity contribution < 1.29 is 0 Å². The maximum atomic E-state index is 5.50. The van der Waals surface area contributed by atoms with E-state index in [0.29, 0.717) is 6.54 Å². The zero-order valence-corrected chi connectivity index (χ0v) is 7.89. The first-order valence-corrected chi connectivity index (χ1v) is 4.36. The molecule has 0 saturated carbocycles. The molecule has 0 unspecified atom stereocenters. The van der Waals surface area contributed by atoms with Crippen LogP contribution in [0.15, 0.2) is 12.1 Å². The Labute approximate surface area is 77.0 Å². The Hall–Kier alpha value is -1.35. The Morgan fingerprint density at radius 2 is 2.00 bits per heavy atom. The second-order valence-electron chi connectivity index (χ2n) is 3.34.